The fourth-order valence-corrected chi connectivity index (χ4v) is 4.96. The predicted molar refractivity (Wildman–Crippen MR) is 76.3 cm³/mol. The highest BCUT2D eigenvalue weighted by Gasteiger charge is 2.43. The monoisotopic (exact) mass is 264 g/mol. The first-order valence-corrected chi connectivity index (χ1v) is 8.47. The number of fused-ring (bicyclic) bond motifs is 1. The molecule has 1 unspecified atom stereocenters. The maximum Gasteiger partial charge on any atom is 0.0710 e. The van der Waals surface area contributed by atoms with Crippen LogP contribution in [-0.4, -0.2) is 48.8 Å². The Balaban J connectivity index is 1.30. The number of hydrogen-bond acceptors (Lipinski definition) is 3. The minimum Gasteiger partial charge on any atom is -0.370 e. The van der Waals surface area contributed by atoms with Gasteiger partial charge in [-0.15, -0.1) is 0 Å². The Morgan fingerprint density at radius 3 is 2.79 bits per heavy atom. The summed E-state index contributed by atoms with van der Waals surface area (Å²) >= 11 is 0. The first kappa shape index (κ1) is 12.6. The lowest BCUT2D eigenvalue weighted by Crippen LogP contribution is -2.37. The average molecular weight is 264 g/mol. The summed E-state index contributed by atoms with van der Waals surface area (Å²) in [5.41, 5.74) is 0.302. The van der Waals surface area contributed by atoms with Crippen molar-refractivity contribution in [3.63, 3.8) is 0 Å². The summed E-state index contributed by atoms with van der Waals surface area (Å²) in [6.07, 6.45) is 11.4. The molecule has 1 saturated carbocycles. The largest absolute Gasteiger partial charge is 0.370 e. The second-order valence-electron chi connectivity index (χ2n) is 7.35. The molecule has 0 aromatic carbocycles. The van der Waals surface area contributed by atoms with Crippen molar-refractivity contribution >= 4 is 0 Å². The summed E-state index contributed by atoms with van der Waals surface area (Å²) in [5.74, 6) is 0.921. The van der Waals surface area contributed by atoms with Crippen LogP contribution >= 0.6 is 0 Å². The van der Waals surface area contributed by atoms with Crippen molar-refractivity contribution in [2.45, 2.75) is 69.1 Å². The summed E-state index contributed by atoms with van der Waals surface area (Å²) in [7, 11) is 0. The molecule has 3 saturated heterocycles. The molecule has 108 valence electrons. The zero-order valence-electron chi connectivity index (χ0n) is 12.1. The zero-order valence-corrected chi connectivity index (χ0v) is 12.1. The highest BCUT2D eigenvalue weighted by Crippen LogP contribution is 2.42. The minimum absolute atomic E-state index is 0.302. The fourth-order valence-electron chi connectivity index (χ4n) is 4.96. The van der Waals surface area contributed by atoms with E-state index in [9.17, 15) is 0 Å². The van der Waals surface area contributed by atoms with Gasteiger partial charge in [0, 0.05) is 25.7 Å². The second-order valence-corrected chi connectivity index (χ2v) is 7.35. The van der Waals surface area contributed by atoms with Crippen molar-refractivity contribution < 1.29 is 4.74 Å². The van der Waals surface area contributed by atoms with Gasteiger partial charge in [0.2, 0.25) is 0 Å². The van der Waals surface area contributed by atoms with Gasteiger partial charge < -0.3 is 10.1 Å². The van der Waals surface area contributed by atoms with E-state index in [2.05, 4.69) is 10.2 Å². The van der Waals surface area contributed by atoms with Crippen molar-refractivity contribution in [2.75, 3.05) is 26.2 Å². The van der Waals surface area contributed by atoms with Gasteiger partial charge in [0.25, 0.3) is 0 Å². The molecule has 0 bridgehead atoms. The Morgan fingerprint density at radius 2 is 1.95 bits per heavy atom. The second kappa shape index (κ2) is 5.01. The van der Waals surface area contributed by atoms with Gasteiger partial charge in [0.1, 0.15) is 0 Å². The van der Waals surface area contributed by atoms with Crippen LogP contribution in [0.4, 0.5) is 0 Å². The molecule has 4 aliphatic rings. The van der Waals surface area contributed by atoms with Gasteiger partial charge in [0.05, 0.1) is 11.7 Å². The molecular formula is C16H28N2O. The van der Waals surface area contributed by atoms with E-state index in [-0.39, 0.29) is 0 Å². The van der Waals surface area contributed by atoms with Gasteiger partial charge in [-0.3, -0.25) is 4.90 Å². The van der Waals surface area contributed by atoms with E-state index >= 15 is 0 Å². The molecule has 0 aromatic heterocycles. The molecular weight excluding hydrogens is 236 g/mol. The highest BCUT2D eigenvalue weighted by atomic mass is 16.5. The van der Waals surface area contributed by atoms with E-state index in [4.69, 9.17) is 4.74 Å². The SMILES string of the molecule is C1CCC2(CC1)CCC(CN1C[C@@H]3CCN[C@@H]3C1)O2. The van der Waals surface area contributed by atoms with Gasteiger partial charge in [-0.1, -0.05) is 19.3 Å². The molecule has 1 N–H and O–H groups in total. The number of nitrogens with one attached hydrogen (secondary N) is 1. The summed E-state index contributed by atoms with van der Waals surface area (Å²) < 4.78 is 6.51. The lowest BCUT2D eigenvalue weighted by molar-refractivity contribution is -0.0707. The van der Waals surface area contributed by atoms with Crippen LogP contribution in [0.2, 0.25) is 0 Å². The molecule has 4 fully saturated rings. The van der Waals surface area contributed by atoms with E-state index in [1.807, 2.05) is 0 Å². The first-order chi connectivity index (χ1) is 9.33. The Labute approximate surface area is 117 Å². The topological polar surface area (TPSA) is 24.5 Å². The molecule has 0 radical (unpaired) electrons. The summed E-state index contributed by atoms with van der Waals surface area (Å²) in [6, 6.07) is 0.782. The molecule has 3 aliphatic heterocycles. The molecule has 1 aliphatic carbocycles. The summed E-state index contributed by atoms with van der Waals surface area (Å²) in [5, 5.41) is 3.65. The van der Waals surface area contributed by atoms with Gasteiger partial charge >= 0.3 is 0 Å². The Hall–Kier alpha value is -0.120. The van der Waals surface area contributed by atoms with Crippen molar-refractivity contribution in [1.29, 1.82) is 0 Å². The van der Waals surface area contributed by atoms with Gasteiger partial charge in [-0.05, 0) is 44.6 Å². The Morgan fingerprint density at radius 1 is 1.05 bits per heavy atom. The molecule has 1 spiro atoms. The molecule has 3 atom stereocenters. The van der Waals surface area contributed by atoms with Crippen molar-refractivity contribution in [1.82, 2.24) is 10.2 Å². The molecule has 3 nitrogen and oxygen atoms in total. The normalized spacial score (nSPS) is 42.0. The lowest BCUT2D eigenvalue weighted by atomic mass is 9.83. The Kier molecular flexibility index (Phi) is 3.33. The number of hydrogen-bond donors (Lipinski definition) is 1. The van der Waals surface area contributed by atoms with Crippen LogP contribution in [0.1, 0.15) is 51.4 Å². The Bertz CT molecular complexity index is 315. The number of nitrogens with zero attached hydrogens (tertiary/aromatic N) is 1. The van der Waals surface area contributed by atoms with Crippen LogP contribution in [0, 0.1) is 5.92 Å². The number of rotatable bonds is 2. The van der Waals surface area contributed by atoms with Crippen molar-refractivity contribution in [3.05, 3.63) is 0 Å². The van der Waals surface area contributed by atoms with E-state index in [0.717, 1.165) is 12.0 Å². The van der Waals surface area contributed by atoms with E-state index in [1.165, 1.54) is 77.5 Å². The lowest BCUT2D eigenvalue weighted by Gasteiger charge is -2.34. The van der Waals surface area contributed by atoms with Crippen molar-refractivity contribution in [3.8, 4) is 0 Å². The summed E-state index contributed by atoms with van der Waals surface area (Å²) in [4.78, 5) is 2.66. The van der Waals surface area contributed by atoms with Crippen LogP contribution in [-0.2, 0) is 4.74 Å². The van der Waals surface area contributed by atoms with Gasteiger partial charge in [0.15, 0.2) is 0 Å². The predicted octanol–water partition coefficient (Wildman–Crippen LogP) is 2.16. The van der Waals surface area contributed by atoms with Crippen molar-refractivity contribution in [2.24, 2.45) is 5.92 Å². The molecule has 3 heteroatoms. The molecule has 19 heavy (non-hydrogen) atoms. The quantitative estimate of drug-likeness (QED) is 0.827. The third kappa shape index (κ3) is 2.45. The third-order valence-electron chi connectivity index (χ3n) is 6.00. The third-order valence-corrected chi connectivity index (χ3v) is 6.00. The molecule has 3 heterocycles. The van der Waals surface area contributed by atoms with E-state index < -0.39 is 0 Å². The smallest absolute Gasteiger partial charge is 0.0710 e. The fraction of sp³-hybridized carbons (Fsp3) is 1.00. The molecule has 0 aromatic rings. The first-order valence-electron chi connectivity index (χ1n) is 8.47. The highest BCUT2D eigenvalue weighted by molar-refractivity contribution is 4.96. The maximum atomic E-state index is 6.51. The van der Waals surface area contributed by atoms with Crippen LogP contribution in [0.3, 0.4) is 0 Å². The maximum absolute atomic E-state index is 6.51. The van der Waals surface area contributed by atoms with Crippen LogP contribution in [0.15, 0.2) is 0 Å². The minimum atomic E-state index is 0.302. The van der Waals surface area contributed by atoms with Crippen LogP contribution < -0.4 is 5.32 Å². The van der Waals surface area contributed by atoms with Gasteiger partial charge in [-0.25, -0.2) is 0 Å². The van der Waals surface area contributed by atoms with E-state index in [0.29, 0.717) is 11.7 Å². The zero-order chi connectivity index (χ0) is 12.7. The van der Waals surface area contributed by atoms with E-state index in [1.54, 1.807) is 0 Å². The average Bonchev–Trinajstić information content (AvgIpc) is 3.07. The standard InChI is InChI=1S/C16H28N2O/c1-2-6-16(7-3-1)8-4-14(19-16)11-18-10-13-5-9-17-15(13)12-18/h13-15,17H,1-12H2/t13-,14?,15+/m0/s1. The summed E-state index contributed by atoms with van der Waals surface area (Å²) in [6.45, 7) is 5.00. The number of likely N-dealkylation sites (tertiary alicyclic amines) is 1. The number of ether oxygens (including phenoxy) is 1. The molecule has 4 rings (SSSR count). The molecule has 0 amide bonds. The van der Waals surface area contributed by atoms with Gasteiger partial charge in [-0.2, -0.15) is 0 Å². The van der Waals surface area contributed by atoms with Crippen LogP contribution in [0.5, 0.6) is 0 Å². The van der Waals surface area contributed by atoms with Crippen LogP contribution in [0.25, 0.3) is 0 Å².